The van der Waals surface area contributed by atoms with E-state index in [4.69, 9.17) is 6.42 Å². The number of carbonyl (C=O) groups is 1. The van der Waals surface area contributed by atoms with E-state index in [1.807, 2.05) is 0 Å². The first-order valence-electron chi connectivity index (χ1n) is 6.94. The zero-order chi connectivity index (χ0) is 17.3. The molecule has 0 radical (unpaired) electrons. The van der Waals surface area contributed by atoms with Crippen molar-refractivity contribution in [1.82, 2.24) is 9.97 Å². The highest BCUT2D eigenvalue weighted by molar-refractivity contribution is 7.99. The summed E-state index contributed by atoms with van der Waals surface area (Å²) in [6.07, 6.45) is 5.07. The molecule has 1 aliphatic rings. The molecule has 2 N–H and O–H groups in total. The standard InChI is InChI=1S/C16H11F2N3O2S/c1-2-3-24-16-20-14-13(15(23)21-16)11(7-12(22)19-14)8-4-9(17)6-10(18)5-8/h1,4-6,11H,3,7H2,(H2,19,20,21,22,23). The van der Waals surface area contributed by atoms with E-state index >= 15 is 0 Å². The Labute approximate surface area is 139 Å². The van der Waals surface area contributed by atoms with Crippen molar-refractivity contribution < 1.29 is 13.6 Å². The average molecular weight is 347 g/mol. The molecule has 1 atom stereocenters. The second-order valence-electron chi connectivity index (χ2n) is 5.13. The predicted octanol–water partition coefficient (Wildman–Crippen LogP) is 2.25. The third-order valence-electron chi connectivity index (χ3n) is 3.51. The van der Waals surface area contributed by atoms with Crippen LogP contribution in [0, 0.1) is 24.0 Å². The molecule has 0 saturated carbocycles. The summed E-state index contributed by atoms with van der Waals surface area (Å²) < 4.78 is 27.0. The van der Waals surface area contributed by atoms with Gasteiger partial charge in [-0.3, -0.25) is 9.59 Å². The van der Waals surface area contributed by atoms with Crippen LogP contribution in [0.3, 0.4) is 0 Å². The molecule has 0 aliphatic carbocycles. The van der Waals surface area contributed by atoms with E-state index in [1.54, 1.807) is 0 Å². The number of aromatic amines is 1. The summed E-state index contributed by atoms with van der Waals surface area (Å²) in [5, 5.41) is 2.79. The van der Waals surface area contributed by atoms with E-state index in [9.17, 15) is 18.4 Å². The molecule has 0 spiro atoms. The number of thioether (sulfide) groups is 1. The molecular weight excluding hydrogens is 336 g/mol. The summed E-state index contributed by atoms with van der Waals surface area (Å²) in [6, 6.07) is 2.95. The monoisotopic (exact) mass is 347 g/mol. The number of fused-ring (bicyclic) bond motifs is 1. The molecule has 8 heteroatoms. The topological polar surface area (TPSA) is 74.8 Å². The Morgan fingerprint density at radius 2 is 2.00 bits per heavy atom. The Kier molecular flexibility index (Phi) is 4.36. The van der Waals surface area contributed by atoms with Crippen molar-refractivity contribution in [1.29, 1.82) is 0 Å². The lowest BCUT2D eigenvalue weighted by Gasteiger charge is -2.24. The van der Waals surface area contributed by atoms with E-state index < -0.39 is 23.1 Å². The number of nitrogens with zero attached hydrogens (tertiary/aromatic N) is 1. The van der Waals surface area contributed by atoms with E-state index in [1.165, 1.54) is 0 Å². The Morgan fingerprint density at radius 1 is 1.29 bits per heavy atom. The molecule has 1 amide bonds. The number of hydrogen-bond acceptors (Lipinski definition) is 4. The molecule has 0 fully saturated rings. The van der Waals surface area contributed by atoms with E-state index in [2.05, 4.69) is 21.2 Å². The van der Waals surface area contributed by atoms with Crippen LogP contribution in [0.1, 0.15) is 23.5 Å². The van der Waals surface area contributed by atoms with E-state index in [0.29, 0.717) is 5.75 Å². The number of carbonyl (C=O) groups excluding carboxylic acids is 1. The molecule has 24 heavy (non-hydrogen) atoms. The highest BCUT2D eigenvalue weighted by atomic mass is 32.2. The molecule has 1 aromatic heterocycles. The Hall–Kier alpha value is -2.66. The van der Waals surface area contributed by atoms with Gasteiger partial charge in [0.2, 0.25) is 5.91 Å². The van der Waals surface area contributed by atoms with Crippen LogP contribution in [-0.4, -0.2) is 21.6 Å². The Bertz CT molecular complexity index is 900. The van der Waals surface area contributed by atoms with Gasteiger partial charge in [-0.25, -0.2) is 13.8 Å². The number of aromatic nitrogens is 2. The smallest absolute Gasteiger partial charge is 0.257 e. The number of anilines is 1. The van der Waals surface area contributed by atoms with Gasteiger partial charge in [0.1, 0.15) is 17.5 Å². The first kappa shape index (κ1) is 16.2. The summed E-state index contributed by atoms with van der Waals surface area (Å²) in [5.41, 5.74) is -0.0984. The fraction of sp³-hybridized carbons (Fsp3) is 0.188. The number of rotatable bonds is 3. The van der Waals surface area contributed by atoms with Gasteiger partial charge in [-0.1, -0.05) is 17.7 Å². The molecule has 0 saturated heterocycles. The van der Waals surface area contributed by atoms with Gasteiger partial charge in [0.15, 0.2) is 5.16 Å². The number of hydrogen-bond donors (Lipinski definition) is 2. The number of H-pyrrole nitrogens is 1. The van der Waals surface area contributed by atoms with Crippen molar-refractivity contribution in [3.63, 3.8) is 0 Å². The summed E-state index contributed by atoms with van der Waals surface area (Å²) >= 11 is 1.14. The molecule has 122 valence electrons. The van der Waals surface area contributed by atoms with Gasteiger partial charge >= 0.3 is 0 Å². The minimum atomic E-state index is -0.776. The number of benzene rings is 1. The van der Waals surface area contributed by atoms with Crippen molar-refractivity contribution in [2.24, 2.45) is 0 Å². The first-order chi connectivity index (χ1) is 11.5. The van der Waals surface area contributed by atoms with E-state index in [0.717, 1.165) is 30.0 Å². The lowest BCUT2D eigenvalue weighted by molar-refractivity contribution is -0.116. The molecular formula is C16H11F2N3O2S. The van der Waals surface area contributed by atoms with Crippen LogP contribution in [0.4, 0.5) is 14.6 Å². The molecule has 2 aromatic rings. The van der Waals surface area contributed by atoms with Gasteiger partial charge in [-0.05, 0) is 17.7 Å². The Balaban J connectivity index is 2.11. The average Bonchev–Trinajstić information content (AvgIpc) is 2.50. The predicted molar refractivity (Wildman–Crippen MR) is 85.9 cm³/mol. The zero-order valence-electron chi connectivity index (χ0n) is 12.2. The van der Waals surface area contributed by atoms with Crippen molar-refractivity contribution >= 4 is 23.5 Å². The number of halogens is 2. The SMILES string of the molecule is C#CCSc1nc2c(c(=O)[nH]1)C(c1cc(F)cc(F)c1)CC(=O)N2. The summed E-state index contributed by atoms with van der Waals surface area (Å²) in [5.74, 6) is 0.0771. The normalized spacial score (nSPS) is 16.2. The fourth-order valence-electron chi connectivity index (χ4n) is 2.59. The highest BCUT2D eigenvalue weighted by Gasteiger charge is 2.31. The molecule has 1 aromatic carbocycles. The van der Waals surface area contributed by atoms with Gasteiger partial charge in [-0.15, -0.1) is 6.42 Å². The zero-order valence-corrected chi connectivity index (χ0v) is 13.0. The molecule has 1 unspecified atom stereocenters. The van der Waals surface area contributed by atoms with Gasteiger partial charge in [0.25, 0.3) is 5.56 Å². The maximum absolute atomic E-state index is 13.5. The summed E-state index contributed by atoms with van der Waals surface area (Å²) in [4.78, 5) is 31.1. The first-order valence-corrected chi connectivity index (χ1v) is 7.93. The van der Waals surface area contributed by atoms with Crippen LogP contribution in [0.15, 0.2) is 28.2 Å². The van der Waals surface area contributed by atoms with Crippen LogP contribution in [0.5, 0.6) is 0 Å². The highest BCUT2D eigenvalue weighted by Crippen LogP contribution is 2.34. The van der Waals surface area contributed by atoms with Crippen LogP contribution in [-0.2, 0) is 4.79 Å². The van der Waals surface area contributed by atoms with Crippen molar-refractivity contribution in [3.8, 4) is 12.3 Å². The summed E-state index contributed by atoms with van der Waals surface area (Å²) in [7, 11) is 0. The van der Waals surface area contributed by atoms with Crippen LogP contribution in [0.25, 0.3) is 0 Å². The maximum Gasteiger partial charge on any atom is 0.257 e. The molecule has 3 rings (SSSR count). The minimum absolute atomic E-state index is 0.0872. The second kappa shape index (κ2) is 6.45. The van der Waals surface area contributed by atoms with Gasteiger partial charge in [0.05, 0.1) is 11.3 Å². The van der Waals surface area contributed by atoms with Gasteiger partial charge in [-0.2, -0.15) is 0 Å². The molecule has 1 aliphatic heterocycles. The largest absolute Gasteiger partial charge is 0.310 e. The number of nitrogens with one attached hydrogen (secondary N) is 2. The number of terminal acetylenes is 1. The molecule has 2 heterocycles. The minimum Gasteiger partial charge on any atom is -0.310 e. The third-order valence-corrected chi connectivity index (χ3v) is 4.29. The fourth-order valence-corrected chi connectivity index (χ4v) is 3.13. The van der Waals surface area contributed by atoms with Gasteiger partial charge < -0.3 is 10.3 Å². The van der Waals surface area contributed by atoms with Crippen LogP contribution >= 0.6 is 11.8 Å². The quantitative estimate of drug-likeness (QED) is 0.507. The van der Waals surface area contributed by atoms with Crippen molar-refractivity contribution in [2.45, 2.75) is 17.5 Å². The molecule has 0 bridgehead atoms. The third kappa shape index (κ3) is 3.16. The lowest BCUT2D eigenvalue weighted by Crippen LogP contribution is -2.31. The second-order valence-corrected chi connectivity index (χ2v) is 6.10. The molecule has 5 nitrogen and oxygen atoms in total. The lowest BCUT2D eigenvalue weighted by atomic mass is 9.87. The summed E-state index contributed by atoms with van der Waals surface area (Å²) in [6.45, 7) is 0. The number of amides is 1. The maximum atomic E-state index is 13.5. The van der Waals surface area contributed by atoms with E-state index in [-0.39, 0.29) is 34.4 Å². The Morgan fingerprint density at radius 3 is 2.67 bits per heavy atom. The van der Waals surface area contributed by atoms with Crippen LogP contribution < -0.4 is 10.9 Å². The van der Waals surface area contributed by atoms with Crippen molar-refractivity contribution in [3.05, 3.63) is 51.3 Å². The van der Waals surface area contributed by atoms with Gasteiger partial charge in [0, 0.05) is 18.4 Å². The van der Waals surface area contributed by atoms with Crippen LogP contribution in [0.2, 0.25) is 0 Å². The van der Waals surface area contributed by atoms with Crippen molar-refractivity contribution in [2.75, 3.05) is 11.1 Å².